The summed E-state index contributed by atoms with van der Waals surface area (Å²) in [6.45, 7) is 19.0. The highest BCUT2D eigenvalue weighted by molar-refractivity contribution is 5.70. The highest BCUT2D eigenvalue weighted by atomic mass is 16.7. The van der Waals surface area contributed by atoms with Crippen LogP contribution in [0.1, 0.15) is 120 Å². The fourth-order valence-corrected chi connectivity index (χ4v) is 11.6. The highest BCUT2D eigenvalue weighted by Crippen LogP contribution is 2.57. The Balaban J connectivity index is 1.13. The molecule has 0 radical (unpaired) electrons. The van der Waals surface area contributed by atoms with Gasteiger partial charge in [-0.05, 0) is 83.5 Å². The molecule has 6 aliphatic rings. The average Bonchev–Trinajstić information content (AvgIpc) is 3.77. The van der Waals surface area contributed by atoms with Gasteiger partial charge in [-0.15, -0.1) is 0 Å². The molecule has 6 aliphatic heterocycles. The van der Waals surface area contributed by atoms with Gasteiger partial charge in [-0.2, -0.15) is 0 Å². The molecule has 300 valence electrons. The Kier molecular flexibility index (Phi) is 11.9. The molecule has 0 aromatic rings. The van der Waals surface area contributed by atoms with E-state index in [9.17, 15) is 15.0 Å². The van der Waals surface area contributed by atoms with Crippen LogP contribution < -0.4 is 0 Å². The van der Waals surface area contributed by atoms with Crippen LogP contribution in [0.3, 0.4) is 0 Å². The van der Waals surface area contributed by atoms with Gasteiger partial charge >= 0.3 is 5.97 Å². The first kappa shape index (κ1) is 40.8. The van der Waals surface area contributed by atoms with Gasteiger partial charge in [0.2, 0.25) is 0 Å². The third-order valence-corrected chi connectivity index (χ3v) is 14.7. The molecule has 19 atom stereocenters. The first-order chi connectivity index (χ1) is 24.4. The minimum absolute atomic E-state index is 0.00252. The maximum absolute atomic E-state index is 11.8. The topological polar surface area (TPSA) is 131 Å². The van der Waals surface area contributed by atoms with Crippen molar-refractivity contribution in [2.75, 3.05) is 20.8 Å². The van der Waals surface area contributed by atoms with Gasteiger partial charge in [0.15, 0.2) is 11.6 Å². The third-order valence-electron chi connectivity index (χ3n) is 14.7. The number of hydrogen-bond donors (Lipinski definition) is 2. The smallest absolute Gasteiger partial charge is 0.308 e. The normalized spacial score (nSPS) is 53.4. The molecule has 2 N–H and O–H groups in total. The van der Waals surface area contributed by atoms with Gasteiger partial charge in [0.05, 0.1) is 72.6 Å². The zero-order valence-electron chi connectivity index (χ0n) is 33.8. The summed E-state index contributed by atoms with van der Waals surface area (Å²) in [5.41, 5.74) is -1.05. The highest BCUT2D eigenvalue weighted by Gasteiger charge is 2.65. The lowest BCUT2D eigenvalue weighted by Crippen LogP contribution is -2.58. The Labute approximate surface area is 312 Å². The molecule has 0 saturated carbocycles. The summed E-state index contributed by atoms with van der Waals surface area (Å²) < 4.78 is 53.4. The maximum Gasteiger partial charge on any atom is 0.308 e. The number of aliphatic carboxylic acids is 1. The van der Waals surface area contributed by atoms with Gasteiger partial charge in [0.25, 0.3) is 0 Å². The van der Waals surface area contributed by atoms with Gasteiger partial charge in [0.1, 0.15) is 0 Å². The first-order valence-electron chi connectivity index (χ1n) is 20.4. The van der Waals surface area contributed by atoms with Crippen LogP contribution in [0.5, 0.6) is 0 Å². The van der Waals surface area contributed by atoms with E-state index in [-0.39, 0.29) is 90.9 Å². The van der Waals surface area contributed by atoms with E-state index in [1.165, 1.54) is 0 Å². The summed E-state index contributed by atoms with van der Waals surface area (Å²) in [6.07, 6.45) is 6.44. The van der Waals surface area contributed by atoms with Crippen molar-refractivity contribution in [3.05, 3.63) is 0 Å². The second-order valence-electron chi connectivity index (χ2n) is 18.6. The number of hydrogen-bond acceptors (Lipinski definition) is 10. The number of aliphatic hydroxyl groups is 1. The molecule has 0 bridgehead atoms. The zero-order valence-corrected chi connectivity index (χ0v) is 33.8. The summed E-state index contributed by atoms with van der Waals surface area (Å²) in [6, 6.07) is 0. The summed E-state index contributed by atoms with van der Waals surface area (Å²) in [5.74, 6) is -2.31. The zero-order chi connectivity index (χ0) is 38.0. The average molecular weight is 739 g/mol. The molecule has 1 spiro atoms. The van der Waals surface area contributed by atoms with Crippen molar-refractivity contribution in [1.82, 2.24) is 0 Å². The fourth-order valence-electron chi connectivity index (χ4n) is 11.6. The molecule has 0 aliphatic carbocycles. The number of aliphatic hydroxyl groups excluding tert-OH is 1. The van der Waals surface area contributed by atoms with E-state index in [4.69, 9.17) is 37.9 Å². The van der Waals surface area contributed by atoms with Crippen LogP contribution in [-0.4, -0.2) is 109 Å². The van der Waals surface area contributed by atoms with Gasteiger partial charge < -0.3 is 48.1 Å². The Hall–Kier alpha value is -0.890. The standard InChI is InChI=1S/C41H70O11/c1-22-12-13-29(47-34(22)27(6)37(43)44)18-30-19-31(45-10)28(7)41(49-30)26(5)20-39(9,52-41)33-14-15-38(8,50-33)36-24(3)17-32(48-36)35-23(2)16-25(4)40(21-42,46-11)51-35/h22-36,42H,12-21H2,1-11H3,(H,43,44). The van der Waals surface area contributed by atoms with Crippen molar-refractivity contribution in [2.24, 2.45) is 41.4 Å². The quantitative estimate of drug-likeness (QED) is 0.260. The van der Waals surface area contributed by atoms with E-state index >= 15 is 0 Å². The van der Waals surface area contributed by atoms with E-state index in [0.717, 1.165) is 51.4 Å². The third kappa shape index (κ3) is 7.15. The predicted molar refractivity (Wildman–Crippen MR) is 194 cm³/mol. The van der Waals surface area contributed by atoms with E-state index < -0.39 is 34.7 Å². The SMILES string of the molecule is COC1CC(CC2CCC(C)C(C(C)C(=O)O)O2)OC2(OC(C)(C3CCC(C)(C4OC(C5OC(CO)(OC)C(C)CC5C)CC4C)O3)CC2C)C1C. The molecular weight excluding hydrogens is 668 g/mol. The lowest BCUT2D eigenvalue weighted by atomic mass is 9.78. The number of rotatable bonds is 10. The van der Waals surface area contributed by atoms with Crippen molar-refractivity contribution < 1.29 is 52.9 Å². The Morgan fingerprint density at radius 1 is 0.846 bits per heavy atom. The van der Waals surface area contributed by atoms with Crippen LogP contribution in [0.25, 0.3) is 0 Å². The number of ether oxygens (including phenoxy) is 8. The van der Waals surface area contributed by atoms with E-state index in [0.29, 0.717) is 6.42 Å². The van der Waals surface area contributed by atoms with Crippen LogP contribution in [0.15, 0.2) is 0 Å². The second-order valence-corrected chi connectivity index (χ2v) is 18.6. The molecule has 0 aromatic heterocycles. The number of carbonyl (C=O) groups is 1. The second kappa shape index (κ2) is 15.2. The lowest BCUT2D eigenvalue weighted by Gasteiger charge is -2.50. The van der Waals surface area contributed by atoms with Crippen molar-refractivity contribution in [1.29, 1.82) is 0 Å². The van der Waals surface area contributed by atoms with Crippen LogP contribution in [-0.2, 0) is 42.7 Å². The van der Waals surface area contributed by atoms with Gasteiger partial charge in [-0.3, -0.25) is 4.79 Å². The molecule has 19 unspecified atom stereocenters. The molecular formula is C41H70O11. The Morgan fingerprint density at radius 2 is 1.58 bits per heavy atom. The molecule has 6 saturated heterocycles. The number of carboxylic acids is 1. The van der Waals surface area contributed by atoms with Crippen molar-refractivity contribution in [2.45, 2.75) is 192 Å². The van der Waals surface area contributed by atoms with Crippen molar-refractivity contribution in [3.8, 4) is 0 Å². The van der Waals surface area contributed by atoms with Gasteiger partial charge in [-0.1, -0.05) is 41.5 Å². The van der Waals surface area contributed by atoms with E-state index in [1.807, 2.05) is 0 Å². The van der Waals surface area contributed by atoms with Crippen LogP contribution in [0.4, 0.5) is 0 Å². The molecule has 11 nitrogen and oxygen atoms in total. The predicted octanol–water partition coefficient (Wildman–Crippen LogP) is 6.36. The van der Waals surface area contributed by atoms with Crippen LogP contribution >= 0.6 is 0 Å². The van der Waals surface area contributed by atoms with E-state index in [2.05, 4.69) is 55.4 Å². The summed E-state index contributed by atoms with van der Waals surface area (Å²) in [5, 5.41) is 20.0. The Bertz CT molecular complexity index is 1240. The van der Waals surface area contributed by atoms with E-state index in [1.54, 1.807) is 21.1 Å². The largest absolute Gasteiger partial charge is 0.481 e. The van der Waals surface area contributed by atoms with Gasteiger partial charge in [0, 0.05) is 44.8 Å². The minimum Gasteiger partial charge on any atom is -0.481 e. The molecule has 6 fully saturated rings. The Morgan fingerprint density at radius 3 is 2.23 bits per heavy atom. The molecule has 6 rings (SSSR count). The monoisotopic (exact) mass is 738 g/mol. The molecule has 6 heterocycles. The molecule has 52 heavy (non-hydrogen) atoms. The summed E-state index contributed by atoms with van der Waals surface area (Å²) in [4.78, 5) is 11.8. The van der Waals surface area contributed by atoms with Crippen molar-refractivity contribution in [3.63, 3.8) is 0 Å². The first-order valence-corrected chi connectivity index (χ1v) is 20.4. The van der Waals surface area contributed by atoms with Crippen molar-refractivity contribution >= 4 is 5.97 Å². The van der Waals surface area contributed by atoms with Gasteiger partial charge in [-0.25, -0.2) is 0 Å². The maximum atomic E-state index is 11.8. The lowest BCUT2D eigenvalue weighted by molar-refractivity contribution is -0.353. The van der Waals surface area contributed by atoms with Crippen LogP contribution in [0.2, 0.25) is 0 Å². The summed E-state index contributed by atoms with van der Waals surface area (Å²) >= 11 is 0. The summed E-state index contributed by atoms with van der Waals surface area (Å²) in [7, 11) is 3.39. The molecule has 0 aromatic carbocycles. The molecule has 11 heteroatoms. The van der Waals surface area contributed by atoms with Crippen LogP contribution in [0, 0.1) is 41.4 Å². The fraction of sp³-hybridized carbons (Fsp3) is 0.976. The number of methoxy groups -OCH3 is 2. The molecule has 0 amide bonds. The minimum atomic E-state index is -1.01. The number of carboxylic acid groups (broad SMARTS) is 1.